The number of hydrogen-bond acceptors (Lipinski definition) is 5. The predicted molar refractivity (Wildman–Crippen MR) is 109 cm³/mol. The molecule has 148 valence electrons. The van der Waals surface area contributed by atoms with E-state index in [9.17, 15) is 9.59 Å². The molecule has 0 unspecified atom stereocenters. The number of carbonyl (C=O) groups is 2. The number of furan rings is 1. The van der Waals surface area contributed by atoms with Crippen LogP contribution in [0.2, 0.25) is 0 Å². The molecule has 3 aromatic rings. The van der Waals surface area contributed by atoms with Gasteiger partial charge in [-0.15, -0.1) is 0 Å². The van der Waals surface area contributed by atoms with Crippen LogP contribution in [-0.4, -0.2) is 31.3 Å². The highest BCUT2D eigenvalue weighted by Crippen LogP contribution is 2.16. The lowest BCUT2D eigenvalue weighted by atomic mass is 10.1. The Kier molecular flexibility index (Phi) is 6.62. The van der Waals surface area contributed by atoms with E-state index in [-0.39, 0.29) is 18.2 Å². The van der Waals surface area contributed by atoms with Crippen LogP contribution in [0.4, 0.5) is 10.5 Å². The number of hydrazone groups is 1. The predicted octanol–water partition coefficient (Wildman–Crippen LogP) is 3.24. The summed E-state index contributed by atoms with van der Waals surface area (Å²) in [6, 6.07) is 18.8. The van der Waals surface area contributed by atoms with Crippen molar-refractivity contribution in [1.82, 2.24) is 10.7 Å². The molecule has 8 heteroatoms. The third-order valence-corrected chi connectivity index (χ3v) is 3.89. The van der Waals surface area contributed by atoms with E-state index < -0.39 is 6.03 Å². The van der Waals surface area contributed by atoms with Gasteiger partial charge in [-0.1, -0.05) is 36.4 Å². The van der Waals surface area contributed by atoms with Crippen LogP contribution in [0.25, 0.3) is 0 Å². The summed E-state index contributed by atoms with van der Waals surface area (Å²) < 4.78 is 10.2. The third kappa shape index (κ3) is 5.70. The molecule has 29 heavy (non-hydrogen) atoms. The second kappa shape index (κ2) is 9.75. The number of hydrogen-bond donors (Lipinski definition) is 3. The van der Waals surface area contributed by atoms with Crippen molar-refractivity contribution in [2.75, 3.05) is 19.0 Å². The molecular formula is C21H20N4O4. The molecule has 2 aromatic carbocycles. The third-order valence-electron chi connectivity index (χ3n) is 3.89. The molecule has 0 aliphatic carbocycles. The molecule has 0 aliphatic heterocycles. The summed E-state index contributed by atoms with van der Waals surface area (Å²) in [5, 5.41) is 9.56. The molecule has 1 heterocycles. The minimum atomic E-state index is -0.524. The highest BCUT2D eigenvalue weighted by atomic mass is 16.5. The van der Waals surface area contributed by atoms with Crippen molar-refractivity contribution in [3.8, 4) is 5.75 Å². The van der Waals surface area contributed by atoms with Crippen molar-refractivity contribution in [3.63, 3.8) is 0 Å². The van der Waals surface area contributed by atoms with Crippen LogP contribution in [0.15, 0.2) is 82.5 Å². The Bertz CT molecular complexity index is 985. The van der Waals surface area contributed by atoms with E-state index in [2.05, 4.69) is 21.2 Å². The summed E-state index contributed by atoms with van der Waals surface area (Å²) in [6.07, 6.45) is 1.42. The van der Waals surface area contributed by atoms with E-state index in [1.807, 2.05) is 30.3 Å². The van der Waals surface area contributed by atoms with Crippen LogP contribution in [0.1, 0.15) is 16.1 Å². The van der Waals surface area contributed by atoms with Crippen molar-refractivity contribution in [2.45, 2.75) is 0 Å². The maximum absolute atomic E-state index is 12.2. The summed E-state index contributed by atoms with van der Waals surface area (Å²) in [4.78, 5) is 24.3. The molecule has 0 spiro atoms. The van der Waals surface area contributed by atoms with E-state index >= 15 is 0 Å². The Hall–Kier alpha value is -4.07. The van der Waals surface area contributed by atoms with Crippen LogP contribution in [0.5, 0.6) is 5.75 Å². The van der Waals surface area contributed by atoms with Crippen molar-refractivity contribution in [1.29, 1.82) is 0 Å². The molecule has 0 bridgehead atoms. The summed E-state index contributed by atoms with van der Waals surface area (Å²) in [5.74, 6) is 0.442. The summed E-state index contributed by atoms with van der Waals surface area (Å²) >= 11 is 0. The van der Waals surface area contributed by atoms with Gasteiger partial charge in [0.15, 0.2) is 5.76 Å². The van der Waals surface area contributed by atoms with E-state index in [1.165, 1.54) is 6.26 Å². The first-order valence-corrected chi connectivity index (χ1v) is 8.80. The summed E-state index contributed by atoms with van der Waals surface area (Å²) in [5.41, 5.74) is 4.24. The van der Waals surface area contributed by atoms with Gasteiger partial charge in [0.05, 0.1) is 25.6 Å². The van der Waals surface area contributed by atoms with E-state index in [0.717, 1.165) is 5.56 Å². The zero-order chi connectivity index (χ0) is 20.5. The van der Waals surface area contributed by atoms with Crippen molar-refractivity contribution >= 4 is 23.3 Å². The molecule has 3 N–H and O–H groups in total. The highest BCUT2D eigenvalue weighted by molar-refractivity contribution is 6.05. The fourth-order valence-electron chi connectivity index (χ4n) is 2.47. The van der Waals surface area contributed by atoms with Crippen LogP contribution < -0.4 is 20.8 Å². The first kappa shape index (κ1) is 19.7. The van der Waals surface area contributed by atoms with Gasteiger partial charge in [-0.25, -0.2) is 10.2 Å². The highest BCUT2D eigenvalue weighted by Gasteiger charge is 2.11. The average Bonchev–Trinajstić information content (AvgIpc) is 3.29. The molecule has 0 atom stereocenters. The van der Waals surface area contributed by atoms with Gasteiger partial charge >= 0.3 is 6.03 Å². The quantitative estimate of drug-likeness (QED) is 0.424. The average molecular weight is 392 g/mol. The van der Waals surface area contributed by atoms with Gasteiger partial charge in [-0.2, -0.15) is 5.10 Å². The van der Waals surface area contributed by atoms with E-state index in [1.54, 1.807) is 43.5 Å². The van der Waals surface area contributed by atoms with Crippen LogP contribution >= 0.6 is 0 Å². The molecule has 0 fully saturated rings. The molecule has 0 saturated carbocycles. The molecule has 1 aromatic heterocycles. The Labute approximate surface area is 167 Å². The van der Waals surface area contributed by atoms with Gasteiger partial charge in [-0.3, -0.25) is 4.79 Å². The number of methoxy groups -OCH3 is 1. The summed E-state index contributed by atoms with van der Waals surface area (Å²) in [7, 11) is 1.55. The Morgan fingerprint density at radius 1 is 1.03 bits per heavy atom. The first-order valence-electron chi connectivity index (χ1n) is 8.80. The number of ether oxygens (including phenoxy) is 1. The zero-order valence-electron chi connectivity index (χ0n) is 15.7. The second-order valence-electron chi connectivity index (χ2n) is 5.88. The van der Waals surface area contributed by atoms with Crippen LogP contribution in [-0.2, 0) is 0 Å². The molecule has 0 aliphatic rings. The Morgan fingerprint density at radius 3 is 2.59 bits per heavy atom. The zero-order valence-corrected chi connectivity index (χ0v) is 15.7. The van der Waals surface area contributed by atoms with Gasteiger partial charge in [-0.05, 0) is 29.8 Å². The maximum Gasteiger partial charge on any atom is 0.339 e. The van der Waals surface area contributed by atoms with Gasteiger partial charge in [0.1, 0.15) is 5.75 Å². The monoisotopic (exact) mass is 392 g/mol. The minimum absolute atomic E-state index is 0.100. The van der Waals surface area contributed by atoms with Gasteiger partial charge < -0.3 is 19.8 Å². The fraction of sp³-hybridized carbons (Fsp3) is 0.0952. The van der Waals surface area contributed by atoms with E-state index in [4.69, 9.17) is 9.15 Å². The van der Waals surface area contributed by atoms with Gasteiger partial charge in [0.2, 0.25) is 0 Å². The normalized spacial score (nSPS) is 10.9. The lowest BCUT2D eigenvalue weighted by Crippen LogP contribution is -2.32. The van der Waals surface area contributed by atoms with Gasteiger partial charge in [0, 0.05) is 11.8 Å². The molecule has 3 amide bonds. The number of amides is 3. The number of benzene rings is 2. The lowest BCUT2D eigenvalue weighted by Gasteiger charge is -2.10. The largest absolute Gasteiger partial charge is 0.497 e. The van der Waals surface area contributed by atoms with Gasteiger partial charge in [0.25, 0.3) is 5.91 Å². The van der Waals surface area contributed by atoms with E-state index in [0.29, 0.717) is 17.1 Å². The van der Waals surface area contributed by atoms with Crippen LogP contribution in [0, 0.1) is 0 Å². The fourth-order valence-corrected chi connectivity index (χ4v) is 2.47. The summed E-state index contributed by atoms with van der Waals surface area (Å²) in [6.45, 7) is 0.100. The van der Waals surface area contributed by atoms with Crippen molar-refractivity contribution in [2.24, 2.45) is 5.10 Å². The maximum atomic E-state index is 12.2. The number of nitrogens with zero attached hydrogens (tertiary/aromatic N) is 1. The molecule has 0 radical (unpaired) electrons. The number of rotatable bonds is 7. The molecule has 0 saturated heterocycles. The minimum Gasteiger partial charge on any atom is -0.497 e. The molecule has 3 rings (SSSR count). The number of urea groups is 1. The number of carbonyl (C=O) groups excluding carboxylic acids is 2. The Morgan fingerprint density at radius 2 is 1.86 bits per heavy atom. The van der Waals surface area contributed by atoms with Crippen molar-refractivity contribution in [3.05, 3.63) is 84.3 Å². The topological polar surface area (TPSA) is 105 Å². The molecular weight excluding hydrogens is 372 g/mol. The SMILES string of the molecule is COc1cccc(NC(=O)N/N=C(/CNC(=O)c2ccco2)c2ccccc2)c1. The second-order valence-corrected chi connectivity index (χ2v) is 5.88. The van der Waals surface area contributed by atoms with Crippen LogP contribution in [0.3, 0.4) is 0 Å². The number of anilines is 1. The van der Waals surface area contributed by atoms with Crippen molar-refractivity contribution < 1.29 is 18.7 Å². The number of nitrogens with one attached hydrogen (secondary N) is 3. The molecule has 8 nitrogen and oxygen atoms in total. The Balaban J connectivity index is 1.67. The lowest BCUT2D eigenvalue weighted by molar-refractivity contribution is 0.0932. The first-order chi connectivity index (χ1) is 14.2. The standard InChI is InChI=1S/C21H20N4O4/c1-28-17-10-5-9-16(13-17)23-21(27)25-24-18(15-7-3-2-4-8-15)14-22-20(26)19-11-6-12-29-19/h2-13H,14H2,1H3,(H,22,26)(H2,23,25,27)/b24-18-. The smallest absolute Gasteiger partial charge is 0.339 e.